The number of rotatable bonds is 5. The first-order valence-corrected chi connectivity index (χ1v) is 4.96. The van der Waals surface area contributed by atoms with Crippen molar-refractivity contribution in [3.05, 3.63) is 34.6 Å². The zero-order chi connectivity index (χ0) is 11.3. The third kappa shape index (κ3) is 3.98. The Labute approximate surface area is 93.0 Å². The first kappa shape index (κ1) is 12.1. The molecule has 0 N–H and O–H groups in total. The highest BCUT2D eigenvalue weighted by Gasteiger charge is 2.06. The van der Waals surface area contributed by atoms with Crippen molar-refractivity contribution in [2.75, 3.05) is 13.7 Å². The van der Waals surface area contributed by atoms with Crippen LogP contribution in [-0.4, -0.2) is 19.5 Å². The third-order valence-corrected chi connectivity index (χ3v) is 2.22. The summed E-state index contributed by atoms with van der Waals surface area (Å²) in [7, 11) is 1.46. The van der Waals surface area contributed by atoms with E-state index in [4.69, 9.17) is 11.6 Å². The van der Waals surface area contributed by atoms with Crippen molar-refractivity contribution in [1.82, 2.24) is 0 Å². The second-order valence-corrected chi connectivity index (χ2v) is 3.64. The van der Waals surface area contributed by atoms with E-state index in [-0.39, 0.29) is 24.6 Å². The molecule has 2 nitrogen and oxygen atoms in total. The maximum atomic E-state index is 13.2. The standard InChI is InChI=1S/C11H12ClFO2/c1-15-7-10(14)4-2-8-6-9(12)3-5-11(8)13/h3,5-6H,2,4,7H2,1H3. The highest BCUT2D eigenvalue weighted by Crippen LogP contribution is 2.16. The number of hydrogen-bond donors (Lipinski definition) is 0. The summed E-state index contributed by atoms with van der Waals surface area (Å²) >= 11 is 5.72. The molecule has 0 aromatic heterocycles. The van der Waals surface area contributed by atoms with Gasteiger partial charge in [0, 0.05) is 18.6 Å². The molecule has 0 aliphatic heterocycles. The average Bonchev–Trinajstić information content (AvgIpc) is 2.20. The van der Waals surface area contributed by atoms with Gasteiger partial charge in [0.25, 0.3) is 0 Å². The number of hydrogen-bond acceptors (Lipinski definition) is 2. The van der Waals surface area contributed by atoms with E-state index in [9.17, 15) is 9.18 Å². The Hall–Kier alpha value is -0.930. The van der Waals surface area contributed by atoms with E-state index in [2.05, 4.69) is 4.74 Å². The summed E-state index contributed by atoms with van der Waals surface area (Å²) < 4.78 is 17.9. The minimum Gasteiger partial charge on any atom is -0.377 e. The zero-order valence-electron chi connectivity index (χ0n) is 8.43. The number of carbonyl (C=O) groups excluding carboxylic acids is 1. The van der Waals surface area contributed by atoms with Crippen LogP contribution >= 0.6 is 11.6 Å². The fraction of sp³-hybridized carbons (Fsp3) is 0.364. The second kappa shape index (κ2) is 5.83. The fourth-order valence-corrected chi connectivity index (χ4v) is 1.44. The molecule has 1 aromatic carbocycles. The predicted molar refractivity (Wildman–Crippen MR) is 56.6 cm³/mol. The van der Waals surface area contributed by atoms with Gasteiger partial charge in [-0.15, -0.1) is 0 Å². The summed E-state index contributed by atoms with van der Waals surface area (Å²) in [5.41, 5.74) is 0.465. The number of carbonyl (C=O) groups is 1. The van der Waals surface area contributed by atoms with Crippen molar-refractivity contribution in [3.63, 3.8) is 0 Å². The van der Waals surface area contributed by atoms with E-state index in [0.29, 0.717) is 17.0 Å². The van der Waals surface area contributed by atoms with E-state index in [1.54, 1.807) is 0 Å². The maximum absolute atomic E-state index is 13.2. The van der Waals surface area contributed by atoms with Crippen molar-refractivity contribution in [2.24, 2.45) is 0 Å². The molecule has 4 heteroatoms. The van der Waals surface area contributed by atoms with Crippen LogP contribution in [0.4, 0.5) is 4.39 Å². The van der Waals surface area contributed by atoms with Gasteiger partial charge < -0.3 is 4.74 Å². The molecule has 1 aromatic rings. The lowest BCUT2D eigenvalue weighted by Crippen LogP contribution is -2.08. The monoisotopic (exact) mass is 230 g/mol. The van der Waals surface area contributed by atoms with E-state index in [1.165, 1.54) is 25.3 Å². The summed E-state index contributed by atoms with van der Waals surface area (Å²) in [6.45, 7) is 0.0716. The van der Waals surface area contributed by atoms with Gasteiger partial charge in [-0.3, -0.25) is 4.79 Å². The molecule has 0 unspecified atom stereocenters. The molecule has 0 bridgehead atoms. The zero-order valence-corrected chi connectivity index (χ0v) is 9.18. The van der Waals surface area contributed by atoms with Gasteiger partial charge in [-0.05, 0) is 30.2 Å². The molecule has 0 fully saturated rings. The van der Waals surface area contributed by atoms with Crippen LogP contribution in [0.5, 0.6) is 0 Å². The lowest BCUT2D eigenvalue weighted by molar-refractivity contribution is -0.122. The number of Topliss-reactive ketones (excluding diaryl/α,β-unsaturated/α-hetero) is 1. The molecule has 0 spiro atoms. The van der Waals surface area contributed by atoms with Gasteiger partial charge in [-0.2, -0.15) is 0 Å². The highest BCUT2D eigenvalue weighted by atomic mass is 35.5. The Morgan fingerprint density at radius 2 is 2.27 bits per heavy atom. The first-order valence-electron chi connectivity index (χ1n) is 4.58. The lowest BCUT2D eigenvalue weighted by Gasteiger charge is -2.03. The summed E-state index contributed by atoms with van der Waals surface area (Å²) in [4.78, 5) is 11.1. The molecule has 0 aliphatic rings. The molecule has 0 atom stereocenters. The van der Waals surface area contributed by atoms with Gasteiger partial charge in [-0.1, -0.05) is 11.6 Å². The Morgan fingerprint density at radius 3 is 2.93 bits per heavy atom. The highest BCUT2D eigenvalue weighted by molar-refractivity contribution is 6.30. The van der Waals surface area contributed by atoms with Gasteiger partial charge in [0.05, 0.1) is 0 Å². The Kier molecular flexibility index (Phi) is 4.72. The van der Waals surface area contributed by atoms with Crippen LogP contribution in [0.25, 0.3) is 0 Å². The van der Waals surface area contributed by atoms with Crippen LogP contribution < -0.4 is 0 Å². The number of methoxy groups -OCH3 is 1. The van der Waals surface area contributed by atoms with Crippen molar-refractivity contribution in [1.29, 1.82) is 0 Å². The molecule has 0 aliphatic carbocycles. The maximum Gasteiger partial charge on any atom is 0.158 e. The quantitative estimate of drug-likeness (QED) is 0.777. The Bertz CT molecular complexity index is 352. The van der Waals surface area contributed by atoms with Crippen molar-refractivity contribution in [2.45, 2.75) is 12.8 Å². The van der Waals surface area contributed by atoms with Crippen molar-refractivity contribution in [3.8, 4) is 0 Å². The number of aryl methyl sites for hydroxylation is 1. The van der Waals surface area contributed by atoms with E-state index >= 15 is 0 Å². The van der Waals surface area contributed by atoms with Gasteiger partial charge in [-0.25, -0.2) is 4.39 Å². The smallest absolute Gasteiger partial charge is 0.158 e. The molecular formula is C11H12ClFO2. The molecule has 0 amide bonds. The summed E-state index contributed by atoms with van der Waals surface area (Å²) in [5.74, 6) is -0.374. The molecule has 0 saturated heterocycles. The van der Waals surface area contributed by atoms with Crippen LogP contribution in [0, 0.1) is 5.82 Å². The van der Waals surface area contributed by atoms with Gasteiger partial charge in [0.2, 0.25) is 0 Å². The minimum absolute atomic E-state index is 0.0446. The largest absolute Gasteiger partial charge is 0.377 e. The van der Waals surface area contributed by atoms with Crippen LogP contribution in [0.1, 0.15) is 12.0 Å². The summed E-state index contributed by atoms with van der Waals surface area (Å²) in [6.07, 6.45) is 0.625. The normalized spacial score (nSPS) is 10.3. The van der Waals surface area contributed by atoms with Crippen molar-refractivity contribution >= 4 is 17.4 Å². The fourth-order valence-electron chi connectivity index (χ4n) is 1.24. The van der Waals surface area contributed by atoms with Gasteiger partial charge >= 0.3 is 0 Å². The summed E-state index contributed by atoms with van der Waals surface area (Å²) in [5, 5.41) is 0.477. The number of ether oxygens (including phenoxy) is 1. The molecule has 1 rings (SSSR count). The van der Waals surface area contributed by atoms with Crippen LogP contribution in [0.15, 0.2) is 18.2 Å². The number of ketones is 1. The van der Waals surface area contributed by atoms with Crippen LogP contribution in [-0.2, 0) is 16.0 Å². The molecule has 0 radical (unpaired) electrons. The number of benzene rings is 1. The lowest BCUT2D eigenvalue weighted by atomic mass is 10.1. The van der Waals surface area contributed by atoms with Crippen LogP contribution in [0.2, 0.25) is 5.02 Å². The Balaban J connectivity index is 2.57. The molecule has 82 valence electrons. The van der Waals surface area contributed by atoms with Gasteiger partial charge in [0.1, 0.15) is 12.4 Å². The third-order valence-electron chi connectivity index (χ3n) is 1.99. The van der Waals surface area contributed by atoms with Gasteiger partial charge in [0.15, 0.2) is 5.78 Å². The molecule has 15 heavy (non-hydrogen) atoms. The van der Waals surface area contributed by atoms with E-state index in [1.807, 2.05) is 0 Å². The van der Waals surface area contributed by atoms with E-state index < -0.39 is 0 Å². The molecule has 0 heterocycles. The topological polar surface area (TPSA) is 26.3 Å². The predicted octanol–water partition coefficient (Wildman–Crippen LogP) is 2.63. The second-order valence-electron chi connectivity index (χ2n) is 3.21. The average molecular weight is 231 g/mol. The molecule has 0 saturated carbocycles. The van der Waals surface area contributed by atoms with Crippen LogP contribution in [0.3, 0.4) is 0 Å². The summed E-state index contributed by atoms with van der Waals surface area (Å²) in [6, 6.07) is 4.33. The van der Waals surface area contributed by atoms with Crippen molar-refractivity contribution < 1.29 is 13.9 Å². The minimum atomic E-state index is -0.329. The van der Waals surface area contributed by atoms with E-state index in [0.717, 1.165) is 0 Å². The molecular weight excluding hydrogens is 219 g/mol. The SMILES string of the molecule is COCC(=O)CCc1cc(Cl)ccc1F. The Morgan fingerprint density at radius 1 is 1.53 bits per heavy atom. The number of halogens is 2. The first-order chi connectivity index (χ1) is 7.13.